The normalized spacial score (nSPS) is 17.7. The molecule has 12 heteroatoms. The lowest BCUT2D eigenvalue weighted by atomic mass is 10.3. The van der Waals surface area contributed by atoms with Crippen molar-refractivity contribution in [3.8, 4) is 0 Å². The van der Waals surface area contributed by atoms with Crippen molar-refractivity contribution in [1.82, 2.24) is 9.71 Å². The maximum Gasteiger partial charge on any atom is 0.417 e. The molecule has 1 unspecified atom stereocenters. The molecule has 1 N–H and O–H groups in total. The van der Waals surface area contributed by atoms with Gasteiger partial charge in [-0.2, -0.15) is 13.2 Å². The van der Waals surface area contributed by atoms with Gasteiger partial charge < -0.3 is 9.64 Å². The van der Waals surface area contributed by atoms with Gasteiger partial charge in [-0.05, 0) is 30.0 Å². The topological polar surface area (TPSA) is 88.6 Å². The Kier molecular flexibility index (Phi) is 5.64. The van der Waals surface area contributed by atoms with Crippen molar-refractivity contribution in [3.63, 3.8) is 0 Å². The number of hydrogen-bond acceptors (Lipinski definition) is 7. The largest absolute Gasteiger partial charge is 0.465 e. The third-order valence-electron chi connectivity index (χ3n) is 4.20. The maximum atomic E-state index is 12.6. The van der Waals surface area contributed by atoms with Gasteiger partial charge in [0, 0.05) is 25.3 Å². The number of alkyl halides is 3. The van der Waals surface area contributed by atoms with E-state index >= 15 is 0 Å². The average molecular weight is 435 g/mol. The van der Waals surface area contributed by atoms with Gasteiger partial charge in [0.25, 0.3) is 0 Å². The molecule has 0 amide bonds. The molecule has 0 aromatic carbocycles. The number of hydrogen-bond donors (Lipinski definition) is 1. The Morgan fingerprint density at radius 2 is 2.11 bits per heavy atom. The second kappa shape index (κ2) is 7.68. The zero-order chi connectivity index (χ0) is 20.5. The first-order chi connectivity index (χ1) is 13.1. The van der Waals surface area contributed by atoms with Gasteiger partial charge in [-0.1, -0.05) is 0 Å². The van der Waals surface area contributed by atoms with E-state index in [1.807, 2.05) is 0 Å². The van der Waals surface area contributed by atoms with Gasteiger partial charge in [0.15, 0.2) is 0 Å². The Morgan fingerprint density at radius 1 is 1.36 bits per heavy atom. The van der Waals surface area contributed by atoms with Crippen LogP contribution in [0.1, 0.15) is 21.7 Å². The number of pyridine rings is 1. The number of anilines is 1. The first-order valence-corrected chi connectivity index (χ1v) is 10.4. The first kappa shape index (κ1) is 20.6. The fraction of sp³-hybridized carbons (Fsp3) is 0.375. The van der Waals surface area contributed by atoms with Crippen molar-refractivity contribution in [2.45, 2.75) is 23.5 Å². The SMILES string of the molecule is COC(=O)c1sccc1S(=O)(=O)NC1CCN(c2ccc(C(F)(F)F)cn2)C1. The van der Waals surface area contributed by atoms with Crippen LogP contribution in [0.5, 0.6) is 0 Å². The molecule has 0 spiro atoms. The third kappa shape index (κ3) is 4.28. The van der Waals surface area contributed by atoms with E-state index < -0.39 is 33.8 Å². The minimum atomic E-state index is -4.47. The summed E-state index contributed by atoms with van der Waals surface area (Å²) >= 11 is 0.962. The molecule has 3 rings (SSSR count). The monoisotopic (exact) mass is 435 g/mol. The Balaban J connectivity index is 1.69. The van der Waals surface area contributed by atoms with E-state index in [9.17, 15) is 26.4 Å². The summed E-state index contributed by atoms with van der Waals surface area (Å²) < 4.78 is 70.3. The van der Waals surface area contributed by atoms with E-state index in [0.717, 1.165) is 30.7 Å². The zero-order valence-corrected chi connectivity index (χ0v) is 16.2. The number of thiophene rings is 1. The van der Waals surface area contributed by atoms with Gasteiger partial charge in [-0.15, -0.1) is 11.3 Å². The lowest BCUT2D eigenvalue weighted by molar-refractivity contribution is -0.137. The molecule has 7 nitrogen and oxygen atoms in total. The van der Waals surface area contributed by atoms with Crippen molar-refractivity contribution in [3.05, 3.63) is 40.2 Å². The number of aromatic nitrogens is 1. The van der Waals surface area contributed by atoms with E-state index in [1.54, 1.807) is 4.90 Å². The Morgan fingerprint density at radius 3 is 2.71 bits per heavy atom. The van der Waals surface area contributed by atoms with E-state index in [4.69, 9.17) is 0 Å². The summed E-state index contributed by atoms with van der Waals surface area (Å²) in [7, 11) is -2.79. The lowest BCUT2D eigenvalue weighted by Gasteiger charge is -2.18. The van der Waals surface area contributed by atoms with Crippen LogP contribution in [0.4, 0.5) is 19.0 Å². The second-order valence-corrected chi connectivity index (χ2v) is 8.66. The average Bonchev–Trinajstić information content (AvgIpc) is 3.30. The number of nitrogens with one attached hydrogen (secondary N) is 1. The highest BCUT2D eigenvalue weighted by molar-refractivity contribution is 7.89. The summed E-state index contributed by atoms with van der Waals surface area (Å²) in [5.41, 5.74) is -0.847. The van der Waals surface area contributed by atoms with E-state index in [0.29, 0.717) is 18.8 Å². The lowest BCUT2D eigenvalue weighted by Crippen LogP contribution is -2.37. The van der Waals surface area contributed by atoms with Gasteiger partial charge in [0.05, 0.1) is 12.7 Å². The molecule has 1 atom stereocenters. The van der Waals surface area contributed by atoms with Crippen LogP contribution >= 0.6 is 11.3 Å². The zero-order valence-electron chi connectivity index (χ0n) is 14.6. The molecule has 0 bridgehead atoms. The van der Waals surface area contributed by atoms with E-state index in [2.05, 4.69) is 14.4 Å². The molecule has 1 aliphatic rings. The number of halogens is 3. The van der Waals surface area contributed by atoms with Crippen LogP contribution in [0.3, 0.4) is 0 Å². The molecule has 1 fully saturated rings. The molecule has 0 saturated carbocycles. The predicted molar refractivity (Wildman–Crippen MR) is 95.8 cm³/mol. The number of nitrogens with zero attached hydrogens (tertiary/aromatic N) is 2. The number of esters is 1. The van der Waals surface area contributed by atoms with E-state index in [1.165, 1.54) is 17.5 Å². The summed E-state index contributed by atoms with van der Waals surface area (Å²) in [6, 6.07) is 3.05. The number of rotatable bonds is 5. The highest BCUT2D eigenvalue weighted by atomic mass is 32.2. The number of sulfonamides is 1. The van der Waals surface area contributed by atoms with Crippen LogP contribution in [-0.2, 0) is 20.9 Å². The van der Waals surface area contributed by atoms with Gasteiger partial charge in [-0.3, -0.25) is 0 Å². The molecule has 0 radical (unpaired) electrons. The minimum absolute atomic E-state index is 0.0192. The van der Waals surface area contributed by atoms with E-state index in [-0.39, 0.29) is 16.3 Å². The fourth-order valence-corrected chi connectivity index (χ4v) is 5.44. The summed E-state index contributed by atoms with van der Waals surface area (Å²) in [6.07, 6.45) is -3.27. The van der Waals surface area contributed by atoms with Crippen LogP contribution in [0, 0.1) is 0 Å². The van der Waals surface area contributed by atoms with Crippen LogP contribution in [0.15, 0.2) is 34.7 Å². The smallest absolute Gasteiger partial charge is 0.417 e. The number of carbonyl (C=O) groups excluding carboxylic acids is 1. The Hall–Kier alpha value is -2.18. The van der Waals surface area contributed by atoms with Crippen molar-refractivity contribution >= 4 is 33.1 Å². The van der Waals surface area contributed by atoms with Gasteiger partial charge >= 0.3 is 12.1 Å². The fourth-order valence-electron chi connectivity index (χ4n) is 2.84. The second-order valence-electron chi connectivity index (χ2n) is 6.06. The molecule has 152 valence electrons. The summed E-state index contributed by atoms with van der Waals surface area (Å²) in [4.78, 5) is 17.1. The molecular formula is C16H16F3N3O4S2. The van der Waals surface area contributed by atoms with Gasteiger partial charge in [0.2, 0.25) is 10.0 Å². The standard InChI is InChI=1S/C16H16F3N3O4S2/c1-26-15(23)14-12(5-7-27-14)28(24,25)21-11-4-6-22(9-11)13-3-2-10(8-20-13)16(17,18)19/h2-3,5,7-8,11,21H,4,6,9H2,1H3. The van der Waals surface area contributed by atoms with Crippen LogP contribution < -0.4 is 9.62 Å². The van der Waals surface area contributed by atoms with Crippen molar-refractivity contribution in [2.75, 3.05) is 25.1 Å². The molecule has 2 aromatic heterocycles. The number of carbonyl (C=O) groups is 1. The Labute approximate surface area is 163 Å². The quantitative estimate of drug-likeness (QED) is 0.726. The highest BCUT2D eigenvalue weighted by Crippen LogP contribution is 2.30. The minimum Gasteiger partial charge on any atom is -0.465 e. The third-order valence-corrected chi connectivity index (χ3v) is 6.79. The van der Waals surface area contributed by atoms with Crippen molar-refractivity contribution < 1.29 is 31.1 Å². The Bertz CT molecular complexity index is 958. The van der Waals surface area contributed by atoms with Crippen LogP contribution in [-0.4, -0.2) is 45.6 Å². The summed E-state index contributed by atoms with van der Waals surface area (Å²) in [5.74, 6) is -0.405. The molecule has 0 aliphatic carbocycles. The van der Waals surface area contributed by atoms with Crippen LogP contribution in [0.2, 0.25) is 0 Å². The van der Waals surface area contributed by atoms with Gasteiger partial charge in [0.1, 0.15) is 15.6 Å². The van der Waals surface area contributed by atoms with Crippen molar-refractivity contribution in [2.24, 2.45) is 0 Å². The maximum absolute atomic E-state index is 12.6. The first-order valence-electron chi connectivity index (χ1n) is 8.08. The van der Waals surface area contributed by atoms with Crippen molar-refractivity contribution in [1.29, 1.82) is 0 Å². The van der Waals surface area contributed by atoms with Gasteiger partial charge in [-0.25, -0.2) is 22.9 Å². The number of ether oxygens (including phenoxy) is 1. The molecule has 1 aliphatic heterocycles. The molecule has 1 saturated heterocycles. The number of methoxy groups -OCH3 is 1. The predicted octanol–water partition coefficient (Wildman–Crippen LogP) is 2.51. The highest BCUT2D eigenvalue weighted by Gasteiger charge is 2.33. The summed E-state index contributed by atoms with van der Waals surface area (Å²) in [5, 5.41) is 1.48. The molecular weight excluding hydrogens is 419 g/mol. The molecule has 2 aromatic rings. The summed E-state index contributed by atoms with van der Waals surface area (Å²) in [6.45, 7) is 0.675. The molecule has 28 heavy (non-hydrogen) atoms. The van der Waals surface area contributed by atoms with Crippen LogP contribution in [0.25, 0.3) is 0 Å². The molecule has 3 heterocycles.